The van der Waals surface area contributed by atoms with Crippen LogP contribution < -0.4 is 10.1 Å². The number of halogens is 2. The van der Waals surface area contributed by atoms with Gasteiger partial charge in [-0.05, 0) is 47.1 Å². The Hall–Kier alpha value is -2.32. The van der Waals surface area contributed by atoms with Gasteiger partial charge in [0.05, 0.1) is 16.7 Å². The maximum Gasteiger partial charge on any atom is 0.272 e. The van der Waals surface area contributed by atoms with Crippen molar-refractivity contribution in [1.29, 1.82) is 0 Å². The Balaban J connectivity index is 1.54. The molecule has 0 unspecified atom stereocenters. The molecule has 0 bridgehead atoms. The summed E-state index contributed by atoms with van der Waals surface area (Å²) in [5.74, 6) is 0.361. The Bertz CT molecular complexity index is 908. The second-order valence-electron chi connectivity index (χ2n) is 5.43. The van der Waals surface area contributed by atoms with E-state index in [1.165, 1.54) is 4.68 Å². The van der Waals surface area contributed by atoms with E-state index in [1.807, 2.05) is 13.1 Å². The van der Waals surface area contributed by atoms with Crippen LogP contribution >= 0.6 is 27.5 Å². The van der Waals surface area contributed by atoms with Gasteiger partial charge in [-0.25, -0.2) is 4.68 Å². The predicted octanol–water partition coefficient (Wildman–Crippen LogP) is 3.48. The first kappa shape index (κ1) is 18.5. The van der Waals surface area contributed by atoms with E-state index in [4.69, 9.17) is 16.3 Å². The van der Waals surface area contributed by atoms with Crippen LogP contribution in [0.2, 0.25) is 5.02 Å². The lowest BCUT2D eigenvalue weighted by molar-refractivity contribution is 0.0943. The van der Waals surface area contributed by atoms with Gasteiger partial charge in [0.2, 0.25) is 0 Å². The number of amides is 1. The Morgan fingerprint density at radius 2 is 2.15 bits per heavy atom. The molecule has 0 radical (unpaired) electrons. The molecule has 0 saturated heterocycles. The number of benzene rings is 1. The highest BCUT2D eigenvalue weighted by molar-refractivity contribution is 9.10. The Morgan fingerprint density at radius 1 is 1.31 bits per heavy atom. The maximum absolute atomic E-state index is 12.2. The monoisotopic (exact) mass is 437 g/mol. The molecule has 1 aromatic carbocycles. The van der Waals surface area contributed by atoms with Crippen molar-refractivity contribution in [1.82, 2.24) is 24.9 Å². The second-order valence-corrected chi connectivity index (χ2v) is 6.72. The molecule has 3 rings (SSSR count). The van der Waals surface area contributed by atoms with Crippen molar-refractivity contribution in [2.75, 3.05) is 0 Å². The maximum atomic E-state index is 12.2. The Kier molecular flexibility index (Phi) is 5.95. The molecule has 2 aromatic heterocycles. The SMILES string of the molecule is CCn1cc(Br)c(CNC(=O)c2ccn(COc3cccc(Cl)c3)n2)n1. The summed E-state index contributed by atoms with van der Waals surface area (Å²) in [6, 6.07) is 8.73. The van der Waals surface area contributed by atoms with E-state index in [2.05, 4.69) is 31.4 Å². The zero-order valence-electron chi connectivity index (χ0n) is 14.0. The molecule has 0 fully saturated rings. The van der Waals surface area contributed by atoms with Crippen LogP contribution in [0.15, 0.2) is 47.2 Å². The van der Waals surface area contributed by atoms with Gasteiger partial charge in [0.25, 0.3) is 5.91 Å². The van der Waals surface area contributed by atoms with Gasteiger partial charge in [0.15, 0.2) is 6.73 Å². The standard InChI is InChI=1S/C17H17BrClN5O2/c1-2-23-10-14(18)16(22-23)9-20-17(25)15-6-7-24(21-15)11-26-13-5-3-4-12(19)8-13/h3-8,10H,2,9,11H2,1H3,(H,20,25). The number of carbonyl (C=O) groups excluding carboxylic acids is 1. The molecular weight excluding hydrogens is 422 g/mol. The van der Waals surface area contributed by atoms with Gasteiger partial charge in [-0.15, -0.1) is 0 Å². The highest BCUT2D eigenvalue weighted by Gasteiger charge is 2.12. The van der Waals surface area contributed by atoms with E-state index in [9.17, 15) is 4.79 Å². The number of nitrogens with one attached hydrogen (secondary N) is 1. The quantitative estimate of drug-likeness (QED) is 0.613. The molecule has 0 aliphatic carbocycles. The van der Waals surface area contributed by atoms with Crippen molar-refractivity contribution in [3.05, 3.63) is 63.6 Å². The normalized spacial score (nSPS) is 10.7. The van der Waals surface area contributed by atoms with Crippen LogP contribution in [0, 0.1) is 0 Å². The first-order chi connectivity index (χ1) is 12.5. The summed E-state index contributed by atoms with van der Waals surface area (Å²) in [5.41, 5.74) is 1.08. The largest absolute Gasteiger partial charge is 0.471 e. The first-order valence-electron chi connectivity index (χ1n) is 7.97. The van der Waals surface area contributed by atoms with E-state index >= 15 is 0 Å². The third-order valence-electron chi connectivity index (χ3n) is 3.56. The molecule has 1 N–H and O–H groups in total. The van der Waals surface area contributed by atoms with Crippen LogP contribution in [-0.2, 0) is 19.8 Å². The van der Waals surface area contributed by atoms with Gasteiger partial charge < -0.3 is 10.1 Å². The molecule has 9 heteroatoms. The van der Waals surface area contributed by atoms with Gasteiger partial charge >= 0.3 is 0 Å². The van der Waals surface area contributed by atoms with E-state index in [-0.39, 0.29) is 12.6 Å². The van der Waals surface area contributed by atoms with Crippen molar-refractivity contribution in [2.45, 2.75) is 26.7 Å². The van der Waals surface area contributed by atoms with Gasteiger partial charge in [-0.2, -0.15) is 10.2 Å². The fourth-order valence-corrected chi connectivity index (χ4v) is 2.86. The van der Waals surface area contributed by atoms with Crippen molar-refractivity contribution >= 4 is 33.4 Å². The smallest absolute Gasteiger partial charge is 0.272 e. The number of hydrogen-bond donors (Lipinski definition) is 1. The molecular formula is C17H17BrClN5O2. The molecule has 1 amide bonds. The molecule has 0 spiro atoms. The number of rotatable bonds is 7. The molecule has 3 aromatic rings. The summed E-state index contributed by atoms with van der Waals surface area (Å²) in [5, 5.41) is 12.0. The number of hydrogen-bond acceptors (Lipinski definition) is 4. The number of aryl methyl sites for hydroxylation is 1. The fourth-order valence-electron chi connectivity index (χ4n) is 2.23. The summed E-state index contributed by atoms with van der Waals surface area (Å²) in [7, 11) is 0. The summed E-state index contributed by atoms with van der Waals surface area (Å²) >= 11 is 9.35. The van der Waals surface area contributed by atoms with E-state index in [1.54, 1.807) is 41.2 Å². The summed E-state index contributed by atoms with van der Waals surface area (Å²) < 4.78 is 9.79. The van der Waals surface area contributed by atoms with Crippen LogP contribution in [0.25, 0.3) is 0 Å². The average molecular weight is 439 g/mol. The van der Waals surface area contributed by atoms with Crippen LogP contribution in [0.4, 0.5) is 0 Å². The molecule has 0 aliphatic rings. The van der Waals surface area contributed by atoms with Gasteiger partial charge in [-0.1, -0.05) is 17.7 Å². The Labute approximate surface area is 164 Å². The van der Waals surface area contributed by atoms with Crippen LogP contribution in [0.1, 0.15) is 23.1 Å². The van der Waals surface area contributed by atoms with Gasteiger partial charge in [-0.3, -0.25) is 9.48 Å². The fraction of sp³-hybridized carbons (Fsp3) is 0.235. The highest BCUT2D eigenvalue weighted by Crippen LogP contribution is 2.17. The number of aromatic nitrogens is 4. The lowest BCUT2D eigenvalue weighted by atomic mass is 10.3. The third kappa shape index (κ3) is 4.64. The minimum absolute atomic E-state index is 0.181. The molecule has 2 heterocycles. The van der Waals surface area contributed by atoms with Gasteiger partial charge in [0, 0.05) is 24.0 Å². The van der Waals surface area contributed by atoms with E-state index in [0.717, 1.165) is 16.7 Å². The van der Waals surface area contributed by atoms with Gasteiger partial charge in [0.1, 0.15) is 11.4 Å². The molecule has 7 nitrogen and oxygen atoms in total. The lowest BCUT2D eigenvalue weighted by Gasteiger charge is -2.06. The van der Waals surface area contributed by atoms with Crippen molar-refractivity contribution in [3.63, 3.8) is 0 Å². The minimum atomic E-state index is -0.274. The molecule has 26 heavy (non-hydrogen) atoms. The Morgan fingerprint density at radius 3 is 2.88 bits per heavy atom. The minimum Gasteiger partial charge on any atom is -0.471 e. The van der Waals surface area contributed by atoms with Crippen molar-refractivity contribution in [3.8, 4) is 5.75 Å². The molecule has 0 aliphatic heterocycles. The summed E-state index contributed by atoms with van der Waals surface area (Å²) in [6.45, 7) is 3.27. The zero-order chi connectivity index (χ0) is 18.5. The predicted molar refractivity (Wildman–Crippen MR) is 101 cm³/mol. The first-order valence-corrected chi connectivity index (χ1v) is 9.14. The number of nitrogens with zero attached hydrogens (tertiary/aromatic N) is 4. The molecule has 0 atom stereocenters. The zero-order valence-corrected chi connectivity index (χ0v) is 16.4. The summed E-state index contributed by atoms with van der Waals surface area (Å²) in [6.07, 6.45) is 3.56. The topological polar surface area (TPSA) is 74.0 Å². The number of carbonyl (C=O) groups is 1. The van der Waals surface area contributed by atoms with E-state index < -0.39 is 0 Å². The van der Waals surface area contributed by atoms with Crippen LogP contribution in [0.5, 0.6) is 5.75 Å². The molecule has 0 saturated carbocycles. The average Bonchev–Trinajstić information content (AvgIpc) is 3.24. The highest BCUT2D eigenvalue weighted by atomic mass is 79.9. The second kappa shape index (κ2) is 8.37. The number of ether oxygens (including phenoxy) is 1. The summed E-state index contributed by atoms with van der Waals surface area (Å²) in [4.78, 5) is 12.2. The van der Waals surface area contributed by atoms with Crippen molar-refractivity contribution < 1.29 is 9.53 Å². The molecule has 136 valence electrons. The lowest BCUT2D eigenvalue weighted by Crippen LogP contribution is -2.24. The van der Waals surface area contributed by atoms with Crippen LogP contribution in [0.3, 0.4) is 0 Å². The van der Waals surface area contributed by atoms with Crippen LogP contribution in [-0.4, -0.2) is 25.5 Å². The van der Waals surface area contributed by atoms with E-state index in [0.29, 0.717) is 23.0 Å². The van der Waals surface area contributed by atoms with Crippen molar-refractivity contribution in [2.24, 2.45) is 0 Å². The third-order valence-corrected chi connectivity index (χ3v) is 4.46.